The van der Waals surface area contributed by atoms with Crippen LogP contribution >= 0.6 is 0 Å². The molecule has 1 aliphatic heterocycles. The van der Waals surface area contributed by atoms with Gasteiger partial charge in [0.2, 0.25) is 0 Å². The molecule has 2 rings (SSSR count). The zero-order chi connectivity index (χ0) is 10.8. The second-order valence-electron chi connectivity index (χ2n) is 3.50. The van der Waals surface area contributed by atoms with Crippen LogP contribution in [0, 0.1) is 11.6 Å². The molecule has 1 heterocycles. The molecule has 0 unspecified atom stereocenters. The zero-order valence-electron chi connectivity index (χ0n) is 7.91. The number of benzene rings is 1. The van der Waals surface area contributed by atoms with E-state index in [-0.39, 0.29) is 12.2 Å². The molecule has 0 radical (unpaired) electrons. The summed E-state index contributed by atoms with van der Waals surface area (Å²) < 4.78 is 25.8. The van der Waals surface area contributed by atoms with Crippen LogP contribution in [0.3, 0.4) is 0 Å². The van der Waals surface area contributed by atoms with Crippen molar-refractivity contribution in [2.75, 3.05) is 0 Å². The number of carbonyl (C=O) groups excluding carboxylic acids is 1. The van der Waals surface area contributed by atoms with Crippen molar-refractivity contribution in [3.63, 3.8) is 0 Å². The highest BCUT2D eigenvalue weighted by molar-refractivity contribution is 5.93. The van der Waals surface area contributed by atoms with Crippen LogP contribution in [-0.4, -0.2) is 12.0 Å². The Morgan fingerprint density at radius 3 is 2.47 bits per heavy atom. The molecule has 0 saturated heterocycles. The van der Waals surface area contributed by atoms with Crippen LogP contribution in [0.1, 0.15) is 24.4 Å². The van der Waals surface area contributed by atoms with Crippen LogP contribution < -0.4 is 0 Å². The van der Waals surface area contributed by atoms with E-state index in [1.54, 1.807) is 0 Å². The number of aliphatic imine (C=N–C) groups is 1. The molecule has 0 bridgehead atoms. The van der Waals surface area contributed by atoms with Gasteiger partial charge in [-0.3, -0.25) is 9.79 Å². The van der Waals surface area contributed by atoms with Crippen molar-refractivity contribution in [1.29, 1.82) is 0 Å². The number of nitrogens with zero attached hydrogens (tertiary/aromatic N) is 1. The maximum absolute atomic E-state index is 12.9. The largest absolute Gasteiger partial charge is 0.299 e. The summed E-state index contributed by atoms with van der Waals surface area (Å²) in [4.78, 5) is 15.2. The molecule has 1 aromatic rings. The summed E-state index contributed by atoms with van der Waals surface area (Å²) in [5, 5.41) is 0. The van der Waals surface area contributed by atoms with Gasteiger partial charge in [-0.25, -0.2) is 8.78 Å². The predicted molar refractivity (Wildman–Crippen MR) is 51.8 cm³/mol. The number of rotatable bonds is 1. The van der Waals surface area contributed by atoms with Crippen molar-refractivity contribution >= 4 is 12.0 Å². The molecule has 0 aromatic heterocycles. The Balaban J connectivity index is 2.32. The molecule has 0 spiro atoms. The molecule has 0 amide bonds. The minimum Gasteiger partial charge on any atom is -0.299 e. The average Bonchev–Trinajstić information content (AvgIpc) is 2.16. The molecular weight excluding hydrogens is 200 g/mol. The summed E-state index contributed by atoms with van der Waals surface area (Å²) in [6, 6.07) is 2.79. The summed E-state index contributed by atoms with van der Waals surface area (Å²) in [6.07, 6.45) is 2.03. The first-order valence-electron chi connectivity index (χ1n) is 4.64. The van der Waals surface area contributed by atoms with Gasteiger partial charge < -0.3 is 0 Å². The molecule has 0 N–H and O–H groups in total. The molecule has 2 nitrogen and oxygen atoms in total. The van der Waals surface area contributed by atoms with Gasteiger partial charge in [-0.05, 0) is 17.7 Å². The number of hydrogen-bond donors (Lipinski definition) is 0. The topological polar surface area (TPSA) is 29.4 Å². The summed E-state index contributed by atoms with van der Waals surface area (Å²) in [6.45, 7) is 0. The monoisotopic (exact) mass is 209 g/mol. The van der Waals surface area contributed by atoms with Crippen molar-refractivity contribution < 1.29 is 13.6 Å². The third-order valence-electron chi connectivity index (χ3n) is 2.29. The lowest BCUT2D eigenvalue weighted by atomic mass is 9.98. The molecule has 0 saturated carbocycles. The Labute approximate surface area is 85.6 Å². The molecule has 1 aliphatic rings. The van der Waals surface area contributed by atoms with E-state index >= 15 is 0 Å². The summed E-state index contributed by atoms with van der Waals surface area (Å²) in [5.74, 6) is -1.24. The number of Topliss-reactive ketones (excluding diaryl/α,β-unsaturated/α-hetero) is 1. The van der Waals surface area contributed by atoms with Crippen molar-refractivity contribution in [2.24, 2.45) is 4.99 Å². The number of hydrogen-bond acceptors (Lipinski definition) is 2. The molecular formula is C11H9F2NO. The second kappa shape index (κ2) is 3.88. The van der Waals surface area contributed by atoms with Gasteiger partial charge in [0, 0.05) is 25.1 Å². The smallest absolute Gasteiger partial charge is 0.140 e. The van der Waals surface area contributed by atoms with Gasteiger partial charge in [0.15, 0.2) is 0 Å². The normalized spacial score (nSPS) is 20.7. The third kappa shape index (κ3) is 2.26. The SMILES string of the molecule is O=C1CC=N[C@H](c2cc(F)cc(F)c2)C1. The Bertz CT molecular complexity index is 408. The molecule has 15 heavy (non-hydrogen) atoms. The molecule has 1 aromatic carbocycles. The molecule has 0 fully saturated rings. The lowest BCUT2D eigenvalue weighted by molar-refractivity contribution is -0.118. The van der Waals surface area contributed by atoms with Gasteiger partial charge in [-0.1, -0.05) is 0 Å². The Hall–Kier alpha value is -1.58. The van der Waals surface area contributed by atoms with E-state index in [1.165, 1.54) is 18.3 Å². The van der Waals surface area contributed by atoms with Crippen LogP contribution in [0.15, 0.2) is 23.2 Å². The highest BCUT2D eigenvalue weighted by Gasteiger charge is 2.18. The fraction of sp³-hybridized carbons (Fsp3) is 0.273. The third-order valence-corrected chi connectivity index (χ3v) is 2.29. The molecule has 4 heteroatoms. The van der Waals surface area contributed by atoms with Crippen LogP contribution in [-0.2, 0) is 4.79 Å². The standard InChI is InChI=1S/C11H9F2NO/c12-8-3-7(4-9(13)5-8)11-6-10(15)1-2-14-11/h2-5,11H,1,6H2/t11-/m0/s1. The van der Waals surface area contributed by atoms with Gasteiger partial charge in [-0.2, -0.15) is 0 Å². The van der Waals surface area contributed by atoms with Gasteiger partial charge in [0.1, 0.15) is 17.4 Å². The van der Waals surface area contributed by atoms with Crippen molar-refractivity contribution in [2.45, 2.75) is 18.9 Å². The van der Waals surface area contributed by atoms with E-state index in [9.17, 15) is 13.6 Å². The van der Waals surface area contributed by atoms with Crippen molar-refractivity contribution in [3.05, 3.63) is 35.4 Å². The lowest BCUT2D eigenvalue weighted by Crippen LogP contribution is -2.11. The molecule has 1 atom stereocenters. The Kier molecular flexibility index (Phi) is 2.58. The fourth-order valence-electron chi connectivity index (χ4n) is 1.60. The van der Waals surface area contributed by atoms with Crippen LogP contribution in [0.25, 0.3) is 0 Å². The number of halogens is 2. The quantitative estimate of drug-likeness (QED) is 0.698. The Morgan fingerprint density at radius 2 is 1.87 bits per heavy atom. The van der Waals surface area contributed by atoms with Crippen LogP contribution in [0.5, 0.6) is 0 Å². The van der Waals surface area contributed by atoms with E-state index in [0.29, 0.717) is 12.0 Å². The zero-order valence-corrected chi connectivity index (χ0v) is 7.91. The number of ketones is 1. The van der Waals surface area contributed by atoms with Gasteiger partial charge in [0.05, 0.1) is 6.04 Å². The minimum absolute atomic E-state index is 0.0414. The van der Waals surface area contributed by atoms with Gasteiger partial charge in [0.25, 0.3) is 0 Å². The summed E-state index contributed by atoms with van der Waals surface area (Å²) >= 11 is 0. The van der Waals surface area contributed by atoms with E-state index in [2.05, 4.69) is 4.99 Å². The van der Waals surface area contributed by atoms with E-state index in [1.807, 2.05) is 0 Å². The average molecular weight is 209 g/mol. The Morgan fingerprint density at radius 1 is 1.20 bits per heavy atom. The highest BCUT2D eigenvalue weighted by atomic mass is 19.1. The second-order valence-corrected chi connectivity index (χ2v) is 3.50. The first-order chi connectivity index (χ1) is 7.15. The first-order valence-corrected chi connectivity index (χ1v) is 4.64. The van der Waals surface area contributed by atoms with Gasteiger partial charge >= 0.3 is 0 Å². The lowest BCUT2D eigenvalue weighted by Gasteiger charge is -2.15. The predicted octanol–water partition coefficient (Wildman–Crippen LogP) is 2.44. The van der Waals surface area contributed by atoms with E-state index < -0.39 is 17.7 Å². The first kappa shape index (κ1) is 9.96. The fourth-order valence-corrected chi connectivity index (χ4v) is 1.60. The van der Waals surface area contributed by atoms with Crippen molar-refractivity contribution in [1.82, 2.24) is 0 Å². The summed E-state index contributed by atoms with van der Waals surface area (Å²) in [7, 11) is 0. The van der Waals surface area contributed by atoms with Crippen LogP contribution in [0.4, 0.5) is 8.78 Å². The van der Waals surface area contributed by atoms with Crippen molar-refractivity contribution in [3.8, 4) is 0 Å². The van der Waals surface area contributed by atoms with Gasteiger partial charge in [-0.15, -0.1) is 0 Å². The van der Waals surface area contributed by atoms with E-state index in [4.69, 9.17) is 0 Å². The van der Waals surface area contributed by atoms with Crippen LogP contribution in [0.2, 0.25) is 0 Å². The van der Waals surface area contributed by atoms with E-state index in [0.717, 1.165) is 6.07 Å². The number of carbonyl (C=O) groups is 1. The maximum Gasteiger partial charge on any atom is 0.140 e. The molecule has 0 aliphatic carbocycles. The summed E-state index contributed by atoms with van der Waals surface area (Å²) in [5.41, 5.74) is 0.414. The molecule has 78 valence electrons. The maximum atomic E-state index is 12.9. The minimum atomic E-state index is -0.641. The highest BCUT2D eigenvalue weighted by Crippen LogP contribution is 2.25.